The number of aromatic nitrogens is 3. The van der Waals surface area contributed by atoms with Gasteiger partial charge in [0.05, 0.1) is 23.3 Å². The molecule has 1 amide bonds. The number of allylic oxidation sites excluding steroid dienone is 1. The largest absolute Gasteiger partial charge is 0.308 e. The van der Waals surface area contributed by atoms with Crippen LogP contribution in [0.1, 0.15) is 50.3 Å². The Morgan fingerprint density at radius 1 is 1.16 bits per heavy atom. The lowest BCUT2D eigenvalue weighted by molar-refractivity contribution is -0.116. The zero-order valence-electron chi connectivity index (χ0n) is 18.2. The molecule has 4 rings (SSSR count). The van der Waals surface area contributed by atoms with E-state index in [2.05, 4.69) is 21.3 Å². The first-order chi connectivity index (χ1) is 15.5. The molecule has 1 unspecified atom stereocenters. The summed E-state index contributed by atoms with van der Waals surface area (Å²) in [6.07, 6.45) is 8.24. The van der Waals surface area contributed by atoms with Crippen LogP contribution in [0.15, 0.2) is 48.1 Å². The molecule has 1 aromatic heterocycles. The van der Waals surface area contributed by atoms with Crippen LogP contribution in [0, 0.1) is 0 Å². The van der Waals surface area contributed by atoms with Crippen LogP contribution in [0.4, 0.5) is 5.69 Å². The Labute approximate surface area is 194 Å². The number of amides is 1. The second-order valence-corrected chi connectivity index (χ2v) is 11.7. The molecule has 32 heavy (non-hydrogen) atoms. The fourth-order valence-corrected chi connectivity index (χ4v) is 7.21. The van der Waals surface area contributed by atoms with Crippen LogP contribution in [-0.2, 0) is 21.2 Å². The highest BCUT2D eigenvalue weighted by Gasteiger charge is 2.35. The molecular formula is C23H30N4O3S2. The summed E-state index contributed by atoms with van der Waals surface area (Å²) in [7, 11) is -3.11. The number of para-hydroxylation sites is 1. The summed E-state index contributed by atoms with van der Waals surface area (Å²) >= 11 is 1.36. The van der Waals surface area contributed by atoms with Crippen LogP contribution >= 0.6 is 11.8 Å². The van der Waals surface area contributed by atoms with Gasteiger partial charge in [0.1, 0.15) is 5.82 Å². The molecule has 0 radical (unpaired) electrons. The summed E-state index contributed by atoms with van der Waals surface area (Å²) in [6, 6.07) is 8.99. The Bertz CT molecular complexity index is 1050. The van der Waals surface area contributed by atoms with E-state index in [1.165, 1.54) is 31.0 Å². The van der Waals surface area contributed by atoms with E-state index in [0.29, 0.717) is 24.0 Å². The summed E-state index contributed by atoms with van der Waals surface area (Å²) in [4.78, 5) is 15.0. The first-order valence-corrected chi connectivity index (χ1v) is 14.0. The SMILES string of the molecule is C=CCn1c(SCC(=O)N(c2ccccc2)C2CCS(=O)(=O)C2)nnc1C1CCCCC1. The van der Waals surface area contributed by atoms with Crippen molar-refractivity contribution in [3.8, 4) is 0 Å². The molecule has 7 nitrogen and oxygen atoms in total. The number of sulfone groups is 1. The van der Waals surface area contributed by atoms with Gasteiger partial charge in [-0.1, -0.05) is 55.3 Å². The molecule has 0 bridgehead atoms. The van der Waals surface area contributed by atoms with Crippen LogP contribution in [0.25, 0.3) is 0 Å². The van der Waals surface area contributed by atoms with Gasteiger partial charge >= 0.3 is 0 Å². The molecule has 1 saturated carbocycles. The van der Waals surface area contributed by atoms with Crippen molar-refractivity contribution in [2.45, 2.75) is 62.2 Å². The predicted octanol–water partition coefficient (Wildman–Crippen LogP) is 3.82. The minimum absolute atomic E-state index is 0.0107. The quantitative estimate of drug-likeness (QED) is 0.427. The lowest BCUT2D eigenvalue weighted by atomic mass is 9.89. The Hall–Kier alpha value is -2.13. The number of anilines is 1. The summed E-state index contributed by atoms with van der Waals surface area (Å²) in [6.45, 7) is 4.48. The molecule has 0 spiro atoms. The molecule has 2 aromatic rings. The second kappa shape index (κ2) is 10.2. The third-order valence-electron chi connectivity index (χ3n) is 6.23. The van der Waals surface area contributed by atoms with Gasteiger partial charge in [0.25, 0.3) is 0 Å². The first kappa shape index (κ1) is 23.0. The zero-order valence-corrected chi connectivity index (χ0v) is 19.9. The van der Waals surface area contributed by atoms with Crippen molar-refractivity contribution in [1.29, 1.82) is 0 Å². The molecule has 1 aliphatic carbocycles. The van der Waals surface area contributed by atoms with Crippen molar-refractivity contribution < 1.29 is 13.2 Å². The molecular weight excluding hydrogens is 444 g/mol. The Morgan fingerprint density at radius 3 is 2.56 bits per heavy atom. The van der Waals surface area contributed by atoms with Gasteiger partial charge in [0, 0.05) is 18.2 Å². The highest BCUT2D eigenvalue weighted by atomic mass is 32.2. The van der Waals surface area contributed by atoms with Crippen LogP contribution < -0.4 is 4.90 Å². The predicted molar refractivity (Wildman–Crippen MR) is 128 cm³/mol. The van der Waals surface area contributed by atoms with E-state index in [4.69, 9.17) is 0 Å². The van der Waals surface area contributed by atoms with Gasteiger partial charge in [-0.2, -0.15) is 0 Å². The monoisotopic (exact) mass is 474 g/mol. The standard InChI is InChI=1S/C23H30N4O3S2/c1-2-14-26-22(18-9-5-3-6-10-18)24-25-23(26)31-16-21(28)27(19-11-7-4-8-12-19)20-13-15-32(29,30)17-20/h2,4,7-8,11-12,18,20H,1,3,5-6,9-10,13-17H2. The Morgan fingerprint density at radius 2 is 1.91 bits per heavy atom. The smallest absolute Gasteiger partial charge is 0.237 e. The minimum atomic E-state index is -3.11. The van der Waals surface area contributed by atoms with E-state index < -0.39 is 9.84 Å². The van der Waals surface area contributed by atoms with Crippen LogP contribution in [0.5, 0.6) is 0 Å². The number of benzene rings is 1. The number of hydrogen-bond donors (Lipinski definition) is 0. The van der Waals surface area contributed by atoms with Crippen molar-refractivity contribution in [3.05, 3.63) is 48.8 Å². The number of carbonyl (C=O) groups is 1. The van der Waals surface area contributed by atoms with Gasteiger partial charge in [-0.05, 0) is 31.4 Å². The maximum Gasteiger partial charge on any atom is 0.237 e. The van der Waals surface area contributed by atoms with Gasteiger partial charge in [0.15, 0.2) is 15.0 Å². The van der Waals surface area contributed by atoms with E-state index in [0.717, 1.165) is 24.4 Å². The van der Waals surface area contributed by atoms with Crippen molar-refractivity contribution in [3.63, 3.8) is 0 Å². The maximum absolute atomic E-state index is 13.3. The number of nitrogens with zero attached hydrogens (tertiary/aromatic N) is 4. The number of thioether (sulfide) groups is 1. The third-order valence-corrected chi connectivity index (χ3v) is 8.93. The molecule has 9 heteroatoms. The average molecular weight is 475 g/mol. The van der Waals surface area contributed by atoms with Crippen molar-refractivity contribution in [1.82, 2.24) is 14.8 Å². The van der Waals surface area contributed by atoms with Gasteiger partial charge < -0.3 is 9.47 Å². The highest BCUT2D eigenvalue weighted by molar-refractivity contribution is 7.99. The normalized spacial score (nSPS) is 20.8. The molecule has 2 fully saturated rings. The topological polar surface area (TPSA) is 85.2 Å². The molecule has 1 saturated heterocycles. The minimum Gasteiger partial charge on any atom is -0.308 e. The van der Waals surface area contributed by atoms with Crippen LogP contribution in [-0.4, -0.2) is 52.4 Å². The number of rotatable bonds is 8. The number of carbonyl (C=O) groups excluding carboxylic acids is 1. The summed E-state index contributed by atoms with van der Waals surface area (Å²) in [5.74, 6) is 1.59. The zero-order chi connectivity index (χ0) is 22.6. The van der Waals surface area contributed by atoms with Gasteiger partial charge in [-0.25, -0.2) is 8.42 Å². The lowest BCUT2D eigenvalue weighted by Crippen LogP contribution is -2.42. The molecule has 2 heterocycles. The Kier molecular flexibility index (Phi) is 7.35. The van der Waals surface area contributed by atoms with Crippen LogP contribution in [0.2, 0.25) is 0 Å². The number of hydrogen-bond acceptors (Lipinski definition) is 6. The van der Waals surface area contributed by atoms with Gasteiger partial charge in [0.2, 0.25) is 5.91 Å². The van der Waals surface area contributed by atoms with E-state index in [-0.39, 0.29) is 29.2 Å². The van der Waals surface area contributed by atoms with Crippen molar-refractivity contribution >= 4 is 33.2 Å². The van der Waals surface area contributed by atoms with E-state index >= 15 is 0 Å². The molecule has 1 aliphatic heterocycles. The summed E-state index contributed by atoms with van der Waals surface area (Å²) in [5.41, 5.74) is 0.732. The average Bonchev–Trinajstić information content (AvgIpc) is 3.36. The van der Waals surface area contributed by atoms with E-state index in [1.54, 1.807) is 4.90 Å². The molecule has 172 valence electrons. The maximum atomic E-state index is 13.3. The van der Waals surface area contributed by atoms with E-state index in [1.807, 2.05) is 36.4 Å². The van der Waals surface area contributed by atoms with Crippen molar-refractivity contribution in [2.75, 3.05) is 22.2 Å². The van der Waals surface area contributed by atoms with Gasteiger partial charge in [-0.3, -0.25) is 4.79 Å². The highest BCUT2D eigenvalue weighted by Crippen LogP contribution is 2.33. The molecule has 1 atom stereocenters. The fourth-order valence-electron chi connectivity index (χ4n) is 4.69. The lowest BCUT2D eigenvalue weighted by Gasteiger charge is -2.28. The molecule has 1 aromatic carbocycles. The summed E-state index contributed by atoms with van der Waals surface area (Å²) < 4.78 is 26.2. The summed E-state index contributed by atoms with van der Waals surface area (Å²) in [5, 5.41) is 9.59. The Balaban J connectivity index is 1.52. The molecule has 2 aliphatic rings. The second-order valence-electron chi connectivity index (χ2n) is 8.52. The fraction of sp³-hybridized carbons (Fsp3) is 0.522. The third kappa shape index (κ3) is 5.26. The first-order valence-electron chi connectivity index (χ1n) is 11.2. The van der Waals surface area contributed by atoms with Gasteiger partial charge in [-0.15, -0.1) is 16.8 Å². The van der Waals surface area contributed by atoms with E-state index in [9.17, 15) is 13.2 Å². The molecule has 0 N–H and O–H groups in total. The van der Waals surface area contributed by atoms with Crippen molar-refractivity contribution in [2.24, 2.45) is 0 Å². The van der Waals surface area contributed by atoms with Crippen LogP contribution in [0.3, 0.4) is 0 Å².